The smallest absolute Gasteiger partial charge is 0.339 e. The van der Waals surface area contributed by atoms with E-state index in [2.05, 4.69) is 19.5 Å². The Hall–Kier alpha value is -8.37. The van der Waals surface area contributed by atoms with Crippen LogP contribution in [0.25, 0.3) is 0 Å². The molecule has 0 heterocycles. The Kier molecular flexibility index (Phi) is 36.3. The molecule has 5 aromatic carbocycles. The largest absolute Gasteiger partial charge is 0.467 e. The molecule has 0 aliphatic carbocycles. The highest BCUT2D eigenvalue weighted by Gasteiger charge is 2.40. The van der Waals surface area contributed by atoms with Gasteiger partial charge in [-0.05, 0) is 225 Å². The van der Waals surface area contributed by atoms with E-state index >= 15 is 0 Å². The fourth-order valence-electron chi connectivity index (χ4n) is 9.67. The molecular formula is C72H95F5I2N6O22. The molecule has 5 unspecified atom stereocenters. The minimum absolute atomic E-state index is 0.0413. The van der Waals surface area contributed by atoms with Crippen molar-refractivity contribution in [2.24, 2.45) is 0 Å². The number of nitrogens with two attached hydrogens (primary N) is 2. The number of nitro benzene ring substituents is 3. The van der Waals surface area contributed by atoms with E-state index in [0.29, 0.717) is 26.1 Å². The van der Waals surface area contributed by atoms with Crippen molar-refractivity contribution >= 4 is 115 Å². The molecule has 107 heavy (non-hydrogen) atoms. The Morgan fingerprint density at radius 3 is 0.963 bits per heavy atom. The van der Waals surface area contributed by atoms with Gasteiger partial charge in [0.1, 0.15) is 34.8 Å². The van der Waals surface area contributed by atoms with E-state index in [1.54, 1.807) is 140 Å². The van der Waals surface area contributed by atoms with Gasteiger partial charge < -0.3 is 64.2 Å². The number of nitro groups is 3. The third-order valence-corrected chi connectivity index (χ3v) is 15.9. The molecule has 0 saturated heterocycles. The van der Waals surface area contributed by atoms with Crippen LogP contribution < -0.4 is 16.8 Å². The minimum Gasteiger partial charge on any atom is -0.467 e. The van der Waals surface area contributed by atoms with Gasteiger partial charge in [0.2, 0.25) is 5.91 Å². The lowest BCUT2D eigenvalue weighted by atomic mass is 9.98. The molecule has 594 valence electrons. The number of anilines is 3. The lowest BCUT2D eigenvalue weighted by molar-refractivity contribution is -0.386. The second-order valence-electron chi connectivity index (χ2n) is 28.2. The van der Waals surface area contributed by atoms with Crippen molar-refractivity contribution in [3.8, 4) is 0 Å². The molecule has 5 N–H and O–H groups in total. The van der Waals surface area contributed by atoms with Crippen LogP contribution in [0.2, 0.25) is 0 Å². The number of halogens is 7. The van der Waals surface area contributed by atoms with E-state index in [1.807, 2.05) is 22.6 Å². The van der Waals surface area contributed by atoms with Gasteiger partial charge >= 0.3 is 29.8 Å². The lowest BCUT2D eigenvalue weighted by Crippen LogP contribution is -2.29. The summed E-state index contributed by atoms with van der Waals surface area (Å²) in [4.78, 5) is 103. The average Bonchev–Trinajstić information content (AvgIpc) is 0.814. The first-order valence-electron chi connectivity index (χ1n) is 32.1. The van der Waals surface area contributed by atoms with Crippen LogP contribution in [0.1, 0.15) is 197 Å². The molecule has 0 aliphatic heterocycles. The zero-order valence-corrected chi connectivity index (χ0v) is 68.9. The number of esters is 5. The van der Waals surface area contributed by atoms with Gasteiger partial charge in [0.15, 0.2) is 30.5 Å². The highest BCUT2D eigenvalue weighted by Crippen LogP contribution is 2.42. The Balaban J connectivity index is 0.000000671. The maximum atomic E-state index is 14.7. The number of carbonyl (C=O) groups is 6. The number of benzene rings is 5. The third-order valence-electron chi connectivity index (χ3n) is 14.2. The van der Waals surface area contributed by atoms with E-state index in [0.717, 1.165) is 52.5 Å². The van der Waals surface area contributed by atoms with Crippen molar-refractivity contribution in [2.45, 2.75) is 204 Å². The molecule has 5 rings (SSSR count). The highest BCUT2D eigenvalue weighted by molar-refractivity contribution is 14.1. The molecule has 0 radical (unpaired) electrons. The number of rotatable bonds is 19. The summed E-state index contributed by atoms with van der Waals surface area (Å²) >= 11 is 3.63. The zero-order chi connectivity index (χ0) is 83.6. The lowest BCUT2D eigenvalue weighted by Gasteiger charge is -2.27. The van der Waals surface area contributed by atoms with Gasteiger partial charge in [0.05, 0.1) is 81.9 Å². The average molecular weight is 1750 g/mol. The number of ether oxygens (including phenoxy) is 10. The van der Waals surface area contributed by atoms with Crippen molar-refractivity contribution in [3.63, 3.8) is 0 Å². The van der Waals surface area contributed by atoms with Gasteiger partial charge in [-0.15, -0.1) is 0 Å². The maximum Gasteiger partial charge on any atom is 0.339 e. The number of hydrogen-bond acceptors (Lipinski definition) is 24. The zero-order valence-electron chi connectivity index (χ0n) is 64.6. The number of carbonyl (C=O) groups excluding carboxylic acids is 6. The van der Waals surface area contributed by atoms with Crippen LogP contribution in [0.4, 0.5) is 56.1 Å². The normalized spacial score (nSPS) is 12.9. The molecule has 0 bridgehead atoms. The molecule has 0 fully saturated rings. The molecule has 0 aliphatic rings. The van der Waals surface area contributed by atoms with E-state index in [1.165, 1.54) is 53.2 Å². The van der Waals surface area contributed by atoms with Crippen LogP contribution in [0.3, 0.4) is 0 Å². The van der Waals surface area contributed by atoms with Crippen LogP contribution in [-0.2, 0) is 76.1 Å². The van der Waals surface area contributed by atoms with Gasteiger partial charge in [-0.2, -0.15) is 0 Å². The van der Waals surface area contributed by atoms with Gasteiger partial charge in [-0.3, -0.25) is 35.1 Å². The Labute approximate surface area is 645 Å². The van der Waals surface area contributed by atoms with Gasteiger partial charge in [-0.1, -0.05) is 0 Å². The molecular weight excluding hydrogens is 1650 g/mol. The molecule has 0 aromatic heterocycles. The summed E-state index contributed by atoms with van der Waals surface area (Å²) < 4.78 is 123. The SMILES string of the molecule is COC(=O)C(OC(C)(C)C)c1c(F)cc(I)c(N)c1C.COC(=O)C(OC(C)(C)C)c1c(F)cc(I)c([N+](=O)[O-])c1C.COC(=O)C(OC(C)(C)C)c1c(F)cc(NC(C)=O)c([N+](=O)[O-])c1C.COC(=O)C(OC(C)(C)C)c1c(F)ccc(N)c1C.COC(=O)C(OC(C)(C)C)c1c(F)ccc([N+](=O)[O-])c1C. The molecule has 28 nitrogen and oxygen atoms in total. The van der Waals surface area contributed by atoms with E-state index in [9.17, 15) is 81.1 Å². The van der Waals surface area contributed by atoms with Crippen molar-refractivity contribution in [1.29, 1.82) is 0 Å². The highest BCUT2D eigenvalue weighted by atomic mass is 127. The first-order valence-corrected chi connectivity index (χ1v) is 34.2. The van der Waals surface area contributed by atoms with E-state index < -0.39 is 144 Å². The molecule has 5 aromatic rings. The predicted octanol–water partition coefficient (Wildman–Crippen LogP) is 15.9. The summed E-state index contributed by atoms with van der Waals surface area (Å²) in [6, 6.07) is 7.79. The van der Waals surface area contributed by atoms with Gasteiger partial charge in [-0.25, -0.2) is 45.9 Å². The quantitative estimate of drug-likeness (QED) is 0.0131. The summed E-state index contributed by atoms with van der Waals surface area (Å²) in [5.74, 6) is -7.89. The second-order valence-corrected chi connectivity index (χ2v) is 30.5. The third kappa shape index (κ3) is 28.6. The molecule has 5 atom stereocenters. The van der Waals surface area contributed by atoms with Gasteiger partial charge in [0.25, 0.3) is 17.1 Å². The van der Waals surface area contributed by atoms with E-state index in [4.69, 9.17) is 44.6 Å². The van der Waals surface area contributed by atoms with Crippen molar-refractivity contribution in [2.75, 3.05) is 52.3 Å². The summed E-state index contributed by atoms with van der Waals surface area (Å²) in [7, 11) is 5.88. The van der Waals surface area contributed by atoms with Crippen LogP contribution in [0.15, 0.2) is 42.5 Å². The molecule has 1 amide bonds. The number of methoxy groups -OCH3 is 5. The molecule has 35 heteroatoms. The monoisotopic (exact) mass is 1740 g/mol. The first-order chi connectivity index (χ1) is 48.7. The number of hydrogen-bond donors (Lipinski definition) is 3. The van der Waals surface area contributed by atoms with Crippen LogP contribution in [-0.4, -0.2) is 114 Å². The van der Waals surface area contributed by atoms with Crippen molar-refractivity contribution in [1.82, 2.24) is 0 Å². The topological polar surface area (TPSA) is 388 Å². The predicted molar refractivity (Wildman–Crippen MR) is 402 cm³/mol. The number of nitrogens with zero attached hydrogens (tertiary/aromatic N) is 3. The first kappa shape index (κ1) is 96.6. The summed E-state index contributed by atoms with van der Waals surface area (Å²) in [5.41, 5.74) is 8.10. The fraction of sp³-hybridized carbons (Fsp3) is 0.500. The Morgan fingerprint density at radius 2 is 0.673 bits per heavy atom. The van der Waals surface area contributed by atoms with Crippen LogP contribution >= 0.6 is 45.2 Å². The Morgan fingerprint density at radius 1 is 0.402 bits per heavy atom. The van der Waals surface area contributed by atoms with Crippen LogP contribution in [0, 0.1) is 101 Å². The van der Waals surface area contributed by atoms with Crippen LogP contribution in [0.5, 0.6) is 0 Å². The summed E-state index contributed by atoms with van der Waals surface area (Å²) in [6.45, 7) is 34.3. The standard InChI is InChI=1S/C16H21FN2O6.C14H17FINO5.C14H19FINO3.C14H18FNO5.C14H20FNO3/c1-8-12(14(15(21)24-6)25-16(3,4)5)10(17)7-11(18-9(2)20)13(8)19(22)23;1-7-10(8(15)6-9(16)11(7)17(19)20)12(13(18)21-5)22-14(2,3)4;1-7-10(8(15)6-9(16)11(7)17)12(13(18)19-5)20-14(2,3)4;1-8-10(16(18)19)7-6-9(15)11(8)12(13(17)20-5)21-14(2,3)4;1-8-10(16)7-6-9(15)11(8)12(13(17)18-5)19-14(2,3)4/h7,14H,1-6H3,(H,18,20);6,12H,1-5H3;6,12H,17H2,1-5H3;6-7,12H,1-5H3;6-7,12H,16H2,1-5H3. The van der Waals surface area contributed by atoms with Crippen molar-refractivity contribution < 1.29 is 113 Å². The number of nitrogens with one attached hydrogen (secondary N) is 1. The van der Waals surface area contributed by atoms with Crippen molar-refractivity contribution in [3.05, 3.63) is 165 Å². The summed E-state index contributed by atoms with van der Waals surface area (Å²) in [5, 5.41) is 35.8. The molecule has 0 saturated carbocycles. The maximum absolute atomic E-state index is 14.7. The second kappa shape index (κ2) is 40.2. The fourth-order valence-corrected chi connectivity index (χ4v) is 11.2. The van der Waals surface area contributed by atoms with Gasteiger partial charge in [0, 0.05) is 78.5 Å². The number of amides is 1. The Bertz CT molecular complexity index is 4090. The molecule has 0 spiro atoms. The summed E-state index contributed by atoms with van der Waals surface area (Å²) in [6.07, 6.45) is -6.50. The van der Waals surface area contributed by atoms with E-state index in [-0.39, 0.29) is 65.1 Å². The minimum atomic E-state index is -1.49. The number of nitrogen functional groups attached to an aromatic ring is 2.